The molecule has 7 heteroatoms. The van der Waals surface area contributed by atoms with Gasteiger partial charge >= 0.3 is 5.97 Å². The summed E-state index contributed by atoms with van der Waals surface area (Å²) >= 11 is 6.01. The molecule has 0 saturated heterocycles. The van der Waals surface area contributed by atoms with Crippen molar-refractivity contribution in [2.24, 2.45) is 0 Å². The largest absolute Gasteiger partial charge is 0.481 e. The van der Waals surface area contributed by atoms with Gasteiger partial charge in [-0.2, -0.15) is 5.10 Å². The number of nitrogens with one attached hydrogen (secondary N) is 1. The van der Waals surface area contributed by atoms with Crippen LogP contribution in [-0.2, 0) is 4.79 Å². The molecule has 6 nitrogen and oxygen atoms in total. The van der Waals surface area contributed by atoms with Crippen LogP contribution in [0.2, 0.25) is 5.02 Å². The molecule has 0 aliphatic heterocycles. The fourth-order valence-electron chi connectivity index (χ4n) is 2.77. The van der Waals surface area contributed by atoms with E-state index in [-0.39, 0.29) is 18.0 Å². The molecule has 1 aromatic carbocycles. The second-order valence-corrected chi connectivity index (χ2v) is 6.51. The van der Waals surface area contributed by atoms with E-state index in [1.54, 1.807) is 22.9 Å². The predicted octanol–water partition coefficient (Wildman–Crippen LogP) is 3.60. The monoisotopic (exact) mass is 363 g/mol. The van der Waals surface area contributed by atoms with Gasteiger partial charge in [-0.1, -0.05) is 31.5 Å². The minimum absolute atomic E-state index is 0.125. The van der Waals surface area contributed by atoms with Gasteiger partial charge in [0.05, 0.1) is 17.6 Å². The molecule has 2 aromatic rings. The Morgan fingerprint density at radius 2 is 1.96 bits per heavy atom. The molecule has 1 amide bonds. The molecule has 2 rings (SSSR count). The van der Waals surface area contributed by atoms with Crippen molar-refractivity contribution in [3.63, 3.8) is 0 Å². The Bertz CT molecular complexity index is 782. The van der Waals surface area contributed by atoms with Crippen LogP contribution < -0.4 is 5.32 Å². The van der Waals surface area contributed by atoms with E-state index in [1.807, 2.05) is 32.9 Å². The van der Waals surface area contributed by atoms with E-state index in [1.165, 1.54) is 0 Å². The Labute approximate surface area is 151 Å². The Morgan fingerprint density at radius 3 is 2.52 bits per heavy atom. The molecule has 134 valence electrons. The van der Waals surface area contributed by atoms with E-state index >= 15 is 0 Å². The van der Waals surface area contributed by atoms with Crippen LogP contribution in [0.5, 0.6) is 0 Å². The van der Waals surface area contributed by atoms with Gasteiger partial charge in [-0.3, -0.25) is 9.59 Å². The van der Waals surface area contributed by atoms with Crippen LogP contribution in [0.25, 0.3) is 5.69 Å². The molecule has 0 aliphatic carbocycles. The molecule has 0 bridgehead atoms. The van der Waals surface area contributed by atoms with E-state index in [4.69, 9.17) is 16.7 Å². The summed E-state index contributed by atoms with van der Waals surface area (Å²) in [6.45, 7) is 5.57. The first-order valence-electron chi connectivity index (χ1n) is 8.17. The highest BCUT2D eigenvalue weighted by atomic mass is 35.5. The smallest absolute Gasteiger partial charge is 0.305 e. The lowest BCUT2D eigenvalue weighted by atomic mass is 9.89. The van der Waals surface area contributed by atoms with Gasteiger partial charge < -0.3 is 10.4 Å². The number of benzene rings is 1. The number of carbonyl (C=O) groups is 2. The highest BCUT2D eigenvalue weighted by molar-refractivity contribution is 6.30. The number of aryl methyl sites for hydroxylation is 1. The molecule has 0 unspecified atom stereocenters. The van der Waals surface area contributed by atoms with Crippen LogP contribution in [0, 0.1) is 6.92 Å². The van der Waals surface area contributed by atoms with Crippen molar-refractivity contribution in [1.82, 2.24) is 15.1 Å². The fourth-order valence-corrected chi connectivity index (χ4v) is 2.95. The Hall–Kier alpha value is -2.34. The lowest BCUT2D eigenvalue weighted by molar-refractivity contribution is -0.138. The molecule has 1 heterocycles. The second kappa shape index (κ2) is 7.70. The van der Waals surface area contributed by atoms with Crippen LogP contribution >= 0.6 is 11.6 Å². The quantitative estimate of drug-likeness (QED) is 0.787. The lowest BCUT2D eigenvalue weighted by Gasteiger charge is -2.31. The van der Waals surface area contributed by atoms with Crippen LogP contribution in [0.1, 0.15) is 49.3 Å². The first-order chi connectivity index (χ1) is 11.8. The van der Waals surface area contributed by atoms with Crippen molar-refractivity contribution in [3.05, 3.63) is 46.7 Å². The van der Waals surface area contributed by atoms with Gasteiger partial charge in [0.2, 0.25) is 0 Å². The number of nitrogens with zero attached hydrogens (tertiary/aromatic N) is 2. The number of aliphatic carboxylic acids is 1. The standard InChI is InChI=1S/C18H22ClN3O3/c1-4-18(5-2,11-16(23)24)20-17(25)15-9-12(3)22(21-15)14-8-6-7-13(19)10-14/h6-10H,4-5,11H2,1-3H3,(H,20,25)(H,23,24). The van der Waals surface area contributed by atoms with Crippen molar-refractivity contribution >= 4 is 23.5 Å². The van der Waals surface area contributed by atoms with Gasteiger partial charge in [0.15, 0.2) is 5.69 Å². The number of rotatable bonds is 7. The molecule has 1 aromatic heterocycles. The average Bonchev–Trinajstić information content (AvgIpc) is 2.95. The third kappa shape index (κ3) is 4.39. The van der Waals surface area contributed by atoms with Crippen LogP contribution in [0.3, 0.4) is 0 Å². The molecule has 25 heavy (non-hydrogen) atoms. The van der Waals surface area contributed by atoms with Gasteiger partial charge in [0, 0.05) is 10.7 Å². The SMILES string of the molecule is CCC(CC)(CC(=O)O)NC(=O)c1cc(C)n(-c2cccc(Cl)c2)n1. The van der Waals surface area contributed by atoms with Gasteiger partial charge in [-0.05, 0) is 44.0 Å². The molecule has 0 atom stereocenters. The van der Waals surface area contributed by atoms with E-state index in [2.05, 4.69) is 10.4 Å². The topological polar surface area (TPSA) is 84.2 Å². The van der Waals surface area contributed by atoms with Crippen molar-refractivity contribution in [1.29, 1.82) is 0 Å². The van der Waals surface area contributed by atoms with Gasteiger partial charge in [0.25, 0.3) is 5.91 Å². The zero-order chi connectivity index (χ0) is 18.6. The van der Waals surface area contributed by atoms with E-state index in [0.29, 0.717) is 17.9 Å². The first-order valence-corrected chi connectivity index (χ1v) is 8.55. The minimum Gasteiger partial charge on any atom is -0.481 e. The van der Waals surface area contributed by atoms with Crippen LogP contribution in [0.15, 0.2) is 30.3 Å². The molecular formula is C18H22ClN3O3. The number of aromatic nitrogens is 2. The molecule has 0 spiro atoms. The maximum atomic E-state index is 12.6. The minimum atomic E-state index is -0.940. The number of hydrogen-bond donors (Lipinski definition) is 2. The van der Waals surface area contributed by atoms with E-state index < -0.39 is 11.5 Å². The normalized spacial score (nSPS) is 11.4. The van der Waals surface area contributed by atoms with Gasteiger partial charge in [0.1, 0.15) is 0 Å². The fraction of sp³-hybridized carbons (Fsp3) is 0.389. The van der Waals surface area contributed by atoms with Crippen molar-refractivity contribution in [2.45, 2.75) is 45.6 Å². The summed E-state index contributed by atoms with van der Waals surface area (Å²) in [7, 11) is 0. The summed E-state index contributed by atoms with van der Waals surface area (Å²) in [5.74, 6) is -1.32. The second-order valence-electron chi connectivity index (χ2n) is 6.07. The molecule has 0 radical (unpaired) electrons. The van der Waals surface area contributed by atoms with Gasteiger partial charge in [-0.25, -0.2) is 4.68 Å². The lowest BCUT2D eigenvalue weighted by Crippen LogP contribution is -2.49. The third-order valence-corrected chi connectivity index (χ3v) is 4.63. The first kappa shape index (κ1) is 19.0. The summed E-state index contributed by atoms with van der Waals surface area (Å²) in [6, 6.07) is 8.86. The summed E-state index contributed by atoms with van der Waals surface area (Å²) in [4.78, 5) is 23.8. The van der Waals surface area contributed by atoms with Crippen molar-refractivity contribution in [2.75, 3.05) is 0 Å². The maximum absolute atomic E-state index is 12.6. The molecule has 0 aliphatic rings. The average molecular weight is 364 g/mol. The summed E-state index contributed by atoms with van der Waals surface area (Å²) in [5.41, 5.74) is 1.00. The Morgan fingerprint density at radius 1 is 1.28 bits per heavy atom. The molecule has 2 N–H and O–H groups in total. The number of carboxylic acid groups (broad SMARTS) is 1. The summed E-state index contributed by atoms with van der Waals surface area (Å²) in [6.07, 6.45) is 0.921. The zero-order valence-corrected chi connectivity index (χ0v) is 15.3. The molecule has 0 fully saturated rings. The number of carboxylic acids is 1. The van der Waals surface area contributed by atoms with E-state index in [9.17, 15) is 9.59 Å². The highest BCUT2D eigenvalue weighted by Gasteiger charge is 2.32. The number of hydrogen-bond acceptors (Lipinski definition) is 3. The third-order valence-electron chi connectivity index (χ3n) is 4.39. The number of carbonyl (C=O) groups excluding carboxylic acids is 1. The zero-order valence-electron chi connectivity index (χ0n) is 14.5. The summed E-state index contributed by atoms with van der Waals surface area (Å²) < 4.78 is 1.64. The Balaban J connectivity index is 2.28. The molecular weight excluding hydrogens is 342 g/mol. The van der Waals surface area contributed by atoms with E-state index in [0.717, 1.165) is 11.4 Å². The highest BCUT2D eigenvalue weighted by Crippen LogP contribution is 2.21. The predicted molar refractivity (Wildman–Crippen MR) is 96.3 cm³/mol. The number of amides is 1. The summed E-state index contributed by atoms with van der Waals surface area (Å²) in [5, 5.41) is 16.9. The Kier molecular flexibility index (Phi) is 5.85. The van der Waals surface area contributed by atoms with Crippen LogP contribution in [0.4, 0.5) is 0 Å². The maximum Gasteiger partial charge on any atom is 0.305 e. The van der Waals surface area contributed by atoms with Gasteiger partial charge in [-0.15, -0.1) is 0 Å². The number of halogens is 1. The van der Waals surface area contributed by atoms with Crippen molar-refractivity contribution < 1.29 is 14.7 Å². The van der Waals surface area contributed by atoms with Crippen molar-refractivity contribution in [3.8, 4) is 5.69 Å². The molecule has 0 saturated carbocycles. The van der Waals surface area contributed by atoms with Crippen LogP contribution in [-0.4, -0.2) is 32.3 Å².